The van der Waals surface area contributed by atoms with Gasteiger partial charge in [0.25, 0.3) is 0 Å². The Balaban J connectivity index is 1.48. The molecular weight excluding hydrogens is 314 g/mol. The van der Waals surface area contributed by atoms with Gasteiger partial charge in [-0.1, -0.05) is 25.7 Å². The molecule has 0 aromatic heterocycles. The van der Waals surface area contributed by atoms with E-state index in [4.69, 9.17) is 4.74 Å². The van der Waals surface area contributed by atoms with Gasteiger partial charge in [0.2, 0.25) is 5.91 Å². The van der Waals surface area contributed by atoms with Crippen LogP contribution in [-0.2, 0) is 9.53 Å². The lowest BCUT2D eigenvalue weighted by Crippen LogP contribution is -2.37. The number of ether oxygens (including phenoxy) is 1. The van der Waals surface area contributed by atoms with Gasteiger partial charge >= 0.3 is 0 Å². The Morgan fingerprint density at radius 3 is 2.40 bits per heavy atom. The summed E-state index contributed by atoms with van der Waals surface area (Å²) in [6, 6.07) is 8.70. The Morgan fingerprint density at radius 2 is 1.76 bits per heavy atom. The minimum atomic E-state index is 0.0749. The monoisotopic (exact) mass is 345 g/mol. The first-order chi connectivity index (χ1) is 12.2. The molecule has 1 heterocycles. The highest BCUT2D eigenvalue weighted by atomic mass is 16.5. The molecule has 5 nitrogen and oxygen atoms in total. The summed E-state index contributed by atoms with van der Waals surface area (Å²) >= 11 is 0. The van der Waals surface area contributed by atoms with Crippen molar-refractivity contribution < 1.29 is 9.53 Å². The number of nitrogens with zero attached hydrogens (tertiary/aromatic N) is 2. The van der Waals surface area contributed by atoms with Crippen LogP contribution in [0.2, 0.25) is 0 Å². The molecule has 1 amide bonds. The van der Waals surface area contributed by atoms with Crippen LogP contribution >= 0.6 is 0 Å². The summed E-state index contributed by atoms with van der Waals surface area (Å²) in [6.45, 7) is 3.89. The van der Waals surface area contributed by atoms with Gasteiger partial charge < -0.3 is 15.0 Å². The van der Waals surface area contributed by atoms with Crippen molar-refractivity contribution in [2.24, 2.45) is 0 Å². The number of hydrogen-bond acceptors (Lipinski definition) is 4. The van der Waals surface area contributed by atoms with E-state index in [1.165, 1.54) is 44.2 Å². The topological polar surface area (TPSA) is 44.8 Å². The van der Waals surface area contributed by atoms with Gasteiger partial charge in [-0.25, -0.2) is 0 Å². The quantitative estimate of drug-likeness (QED) is 0.833. The average Bonchev–Trinajstić information content (AvgIpc) is 2.92. The molecule has 1 aliphatic carbocycles. The molecule has 1 N–H and O–H groups in total. The number of amides is 1. The van der Waals surface area contributed by atoms with E-state index in [0.717, 1.165) is 32.0 Å². The summed E-state index contributed by atoms with van der Waals surface area (Å²) in [4.78, 5) is 16.9. The number of carbonyl (C=O) groups excluding carboxylic acids is 1. The molecule has 0 spiro atoms. The minimum absolute atomic E-state index is 0.0749. The zero-order valence-corrected chi connectivity index (χ0v) is 15.4. The van der Waals surface area contributed by atoms with E-state index in [9.17, 15) is 4.79 Å². The van der Waals surface area contributed by atoms with Gasteiger partial charge in [0.1, 0.15) is 0 Å². The molecule has 1 saturated carbocycles. The predicted molar refractivity (Wildman–Crippen MR) is 102 cm³/mol. The number of morpholine rings is 1. The molecule has 25 heavy (non-hydrogen) atoms. The molecule has 1 aromatic rings. The largest absolute Gasteiger partial charge is 0.378 e. The fraction of sp³-hybridized carbons (Fsp3) is 0.650. The second-order valence-electron chi connectivity index (χ2n) is 7.25. The maximum absolute atomic E-state index is 12.4. The fourth-order valence-electron chi connectivity index (χ4n) is 3.83. The van der Waals surface area contributed by atoms with Crippen LogP contribution in [0.3, 0.4) is 0 Å². The molecular formula is C20H31N3O2. The van der Waals surface area contributed by atoms with E-state index >= 15 is 0 Å². The van der Waals surface area contributed by atoms with Crippen LogP contribution in [0.1, 0.15) is 38.5 Å². The molecule has 2 aliphatic rings. The second kappa shape index (κ2) is 9.20. The van der Waals surface area contributed by atoms with Crippen molar-refractivity contribution in [2.45, 2.75) is 44.6 Å². The molecule has 3 rings (SSSR count). The zero-order chi connectivity index (χ0) is 17.5. The highest BCUT2D eigenvalue weighted by Gasteiger charge is 2.19. The van der Waals surface area contributed by atoms with Crippen molar-refractivity contribution in [2.75, 3.05) is 50.1 Å². The Morgan fingerprint density at radius 1 is 1.12 bits per heavy atom. The van der Waals surface area contributed by atoms with E-state index in [2.05, 4.69) is 34.3 Å². The first-order valence-corrected chi connectivity index (χ1v) is 9.65. The van der Waals surface area contributed by atoms with E-state index < -0.39 is 0 Å². The number of benzene rings is 1. The van der Waals surface area contributed by atoms with E-state index in [1.807, 2.05) is 12.1 Å². The SMILES string of the molecule is CN(CC(=O)Nc1ccc(N2CCOCC2)cc1)C1CCCCCC1. The average molecular weight is 345 g/mol. The zero-order valence-electron chi connectivity index (χ0n) is 15.4. The van der Waals surface area contributed by atoms with Gasteiger partial charge in [0.15, 0.2) is 0 Å². The molecule has 138 valence electrons. The molecule has 0 radical (unpaired) electrons. The van der Waals surface area contributed by atoms with Crippen LogP contribution in [0.5, 0.6) is 0 Å². The Bertz CT molecular complexity index is 532. The van der Waals surface area contributed by atoms with Gasteiger partial charge in [-0.2, -0.15) is 0 Å². The summed E-state index contributed by atoms with van der Waals surface area (Å²) in [5.41, 5.74) is 2.06. The van der Waals surface area contributed by atoms with Gasteiger partial charge in [-0.3, -0.25) is 9.69 Å². The standard InChI is InChI=1S/C20H31N3O2/c1-22(18-6-4-2-3-5-7-18)16-20(24)21-17-8-10-19(11-9-17)23-12-14-25-15-13-23/h8-11,18H,2-7,12-16H2,1H3,(H,21,24). The summed E-state index contributed by atoms with van der Waals surface area (Å²) in [5.74, 6) is 0.0749. The normalized spacial score (nSPS) is 19.7. The van der Waals surface area contributed by atoms with Crippen molar-refractivity contribution >= 4 is 17.3 Å². The van der Waals surface area contributed by atoms with Crippen molar-refractivity contribution in [3.8, 4) is 0 Å². The van der Waals surface area contributed by atoms with Crippen molar-refractivity contribution in [1.29, 1.82) is 0 Å². The summed E-state index contributed by atoms with van der Waals surface area (Å²) in [6.07, 6.45) is 7.70. The van der Waals surface area contributed by atoms with Crippen molar-refractivity contribution in [3.63, 3.8) is 0 Å². The molecule has 0 atom stereocenters. The lowest BCUT2D eigenvalue weighted by molar-refractivity contribution is -0.117. The lowest BCUT2D eigenvalue weighted by atomic mass is 10.1. The molecule has 1 saturated heterocycles. The first-order valence-electron chi connectivity index (χ1n) is 9.65. The summed E-state index contributed by atoms with van der Waals surface area (Å²) in [5, 5.41) is 3.03. The van der Waals surface area contributed by atoms with E-state index in [-0.39, 0.29) is 5.91 Å². The third-order valence-electron chi connectivity index (χ3n) is 5.37. The third kappa shape index (κ3) is 5.44. The lowest BCUT2D eigenvalue weighted by Gasteiger charge is -2.29. The van der Waals surface area contributed by atoms with Crippen LogP contribution in [0.4, 0.5) is 11.4 Å². The minimum Gasteiger partial charge on any atom is -0.378 e. The third-order valence-corrected chi connectivity index (χ3v) is 5.37. The number of rotatable bonds is 5. The molecule has 0 unspecified atom stereocenters. The number of nitrogens with one attached hydrogen (secondary N) is 1. The molecule has 2 fully saturated rings. The van der Waals surface area contributed by atoms with E-state index in [1.54, 1.807) is 0 Å². The Labute approximate surface area is 151 Å². The molecule has 1 aromatic carbocycles. The maximum atomic E-state index is 12.4. The van der Waals surface area contributed by atoms with Crippen LogP contribution < -0.4 is 10.2 Å². The van der Waals surface area contributed by atoms with Crippen molar-refractivity contribution in [3.05, 3.63) is 24.3 Å². The number of anilines is 2. The maximum Gasteiger partial charge on any atom is 0.238 e. The highest BCUT2D eigenvalue weighted by molar-refractivity contribution is 5.92. The second-order valence-corrected chi connectivity index (χ2v) is 7.25. The van der Waals surface area contributed by atoms with Gasteiger partial charge in [-0.15, -0.1) is 0 Å². The smallest absolute Gasteiger partial charge is 0.238 e. The van der Waals surface area contributed by atoms with Gasteiger partial charge in [0, 0.05) is 30.5 Å². The Hall–Kier alpha value is -1.59. The van der Waals surface area contributed by atoms with Crippen LogP contribution in [-0.4, -0.2) is 56.7 Å². The van der Waals surface area contributed by atoms with Crippen molar-refractivity contribution in [1.82, 2.24) is 4.90 Å². The summed E-state index contributed by atoms with van der Waals surface area (Å²) in [7, 11) is 2.08. The first kappa shape index (κ1) is 18.2. The molecule has 0 bridgehead atoms. The predicted octanol–water partition coefficient (Wildman–Crippen LogP) is 3.12. The number of likely N-dealkylation sites (N-methyl/N-ethyl adjacent to an activating group) is 1. The van der Waals surface area contributed by atoms with E-state index in [0.29, 0.717) is 12.6 Å². The van der Waals surface area contributed by atoms with Gasteiger partial charge in [0.05, 0.1) is 19.8 Å². The Kier molecular flexibility index (Phi) is 6.70. The molecule has 5 heteroatoms. The number of hydrogen-bond donors (Lipinski definition) is 1. The van der Waals surface area contributed by atoms with Crippen LogP contribution in [0, 0.1) is 0 Å². The van der Waals surface area contributed by atoms with Gasteiger partial charge in [-0.05, 0) is 44.2 Å². The van der Waals surface area contributed by atoms with Crippen LogP contribution in [0.25, 0.3) is 0 Å². The highest BCUT2D eigenvalue weighted by Crippen LogP contribution is 2.21. The molecule has 1 aliphatic heterocycles. The van der Waals surface area contributed by atoms with Crippen LogP contribution in [0.15, 0.2) is 24.3 Å². The summed E-state index contributed by atoms with van der Waals surface area (Å²) < 4.78 is 5.39. The fourth-order valence-corrected chi connectivity index (χ4v) is 3.83. The number of carbonyl (C=O) groups is 1.